The number of pyridine rings is 1. The van der Waals surface area contributed by atoms with Crippen molar-refractivity contribution in [2.45, 2.75) is 13.3 Å². The van der Waals surface area contributed by atoms with E-state index in [0.29, 0.717) is 11.1 Å². The Morgan fingerprint density at radius 2 is 2.00 bits per heavy atom. The summed E-state index contributed by atoms with van der Waals surface area (Å²) >= 11 is 0. The van der Waals surface area contributed by atoms with Gasteiger partial charge in [-0.15, -0.1) is 0 Å². The van der Waals surface area contributed by atoms with Crippen LogP contribution in [-0.2, 0) is 6.42 Å². The monoisotopic (exact) mass is 256 g/mol. The zero-order chi connectivity index (χ0) is 13.8. The molecule has 0 saturated carbocycles. The lowest BCUT2D eigenvalue weighted by atomic mass is 10.1. The van der Waals surface area contributed by atoms with Gasteiger partial charge in [0.1, 0.15) is 5.69 Å². The molecule has 0 radical (unpaired) electrons. The summed E-state index contributed by atoms with van der Waals surface area (Å²) < 4.78 is 0. The Bertz CT molecular complexity index is 624. The molecule has 0 aliphatic carbocycles. The molecule has 5 nitrogen and oxygen atoms in total. The van der Waals surface area contributed by atoms with Crippen molar-refractivity contribution in [3.05, 3.63) is 69.5 Å². The first-order valence-electron chi connectivity index (χ1n) is 5.76. The second-order valence-corrected chi connectivity index (χ2v) is 4.20. The van der Waals surface area contributed by atoms with Crippen LogP contribution in [0.25, 0.3) is 0 Å². The van der Waals surface area contributed by atoms with Crippen molar-refractivity contribution in [2.75, 3.05) is 0 Å². The number of ketones is 1. The molecule has 0 fully saturated rings. The van der Waals surface area contributed by atoms with Crippen molar-refractivity contribution in [3.8, 4) is 0 Å². The van der Waals surface area contributed by atoms with Crippen LogP contribution in [0.2, 0.25) is 0 Å². The molecule has 1 heterocycles. The summed E-state index contributed by atoms with van der Waals surface area (Å²) in [6, 6.07) is 10.1. The first-order chi connectivity index (χ1) is 9.08. The molecule has 0 atom stereocenters. The number of aryl methyl sites for hydroxylation is 1. The summed E-state index contributed by atoms with van der Waals surface area (Å²) in [4.78, 5) is 26.5. The Balaban J connectivity index is 2.29. The van der Waals surface area contributed by atoms with Gasteiger partial charge in [-0.1, -0.05) is 30.3 Å². The maximum Gasteiger partial charge on any atom is 0.291 e. The van der Waals surface area contributed by atoms with Gasteiger partial charge in [-0.3, -0.25) is 19.9 Å². The third-order valence-electron chi connectivity index (χ3n) is 2.70. The van der Waals surface area contributed by atoms with Crippen LogP contribution in [0.4, 0.5) is 5.69 Å². The molecule has 0 spiro atoms. The zero-order valence-corrected chi connectivity index (χ0v) is 10.4. The molecule has 0 aliphatic heterocycles. The number of nitrogens with zero attached hydrogens (tertiary/aromatic N) is 2. The highest BCUT2D eigenvalue weighted by atomic mass is 16.6. The second kappa shape index (κ2) is 5.39. The van der Waals surface area contributed by atoms with Gasteiger partial charge in [-0.25, -0.2) is 0 Å². The first kappa shape index (κ1) is 12.9. The van der Waals surface area contributed by atoms with Gasteiger partial charge in [0.25, 0.3) is 5.69 Å². The van der Waals surface area contributed by atoms with E-state index >= 15 is 0 Å². The number of hydrogen-bond acceptors (Lipinski definition) is 4. The molecule has 1 aromatic carbocycles. The highest BCUT2D eigenvalue weighted by Crippen LogP contribution is 2.19. The summed E-state index contributed by atoms with van der Waals surface area (Å²) in [5, 5.41) is 10.9. The molecular weight excluding hydrogens is 244 g/mol. The quantitative estimate of drug-likeness (QED) is 0.479. The molecule has 0 unspecified atom stereocenters. The van der Waals surface area contributed by atoms with Gasteiger partial charge >= 0.3 is 0 Å². The molecule has 0 aliphatic rings. The minimum absolute atomic E-state index is 0.0688. The predicted octanol–water partition coefficient (Wildman–Crippen LogP) is 2.72. The van der Waals surface area contributed by atoms with Crippen molar-refractivity contribution in [1.29, 1.82) is 0 Å². The van der Waals surface area contributed by atoms with Crippen LogP contribution >= 0.6 is 0 Å². The maximum absolute atomic E-state index is 12.0. The van der Waals surface area contributed by atoms with E-state index in [9.17, 15) is 14.9 Å². The summed E-state index contributed by atoms with van der Waals surface area (Å²) in [5.41, 5.74) is 1.32. The lowest BCUT2D eigenvalue weighted by molar-refractivity contribution is -0.385. The number of carbonyl (C=O) groups excluding carboxylic acids is 1. The van der Waals surface area contributed by atoms with E-state index in [2.05, 4.69) is 4.98 Å². The van der Waals surface area contributed by atoms with Gasteiger partial charge in [0.05, 0.1) is 11.3 Å². The lowest BCUT2D eigenvalue weighted by Gasteiger charge is -2.03. The summed E-state index contributed by atoms with van der Waals surface area (Å²) in [7, 11) is 0. The minimum atomic E-state index is -0.506. The number of carbonyl (C=O) groups is 1. The van der Waals surface area contributed by atoms with Crippen molar-refractivity contribution in [1.82, 2.24) is 4.98 Å². The van der Waals surface area contributed by atoms with Crippen LogP contribution in [0.5, 0.6) is 0 Å². The first-order valence-corrected chi connectivity index (χ1v) is 5.76. The Labute approximate surface area is 110 Å². The Kier molecular flexibility index (Phi) is 3.66. The van der Waals surface area contributed by atoms with Crippen LogP contribution in [0, 0.1) is 17.0 Å². The van der Waals surface area contributed by atoms with Gasteiger partial charge in [-0.2, -0.15) is 0 Å². The van der Waals surface area contributed by atoms with Crippen molar-refractivity contribution in [2.24, 2.45) is 0 Å². The topological polar surface area (TPSA) is 73.1 Å². The third-order valence-corrected chi connectivity index (χ3v) is 2.70. The van der Waals surface area contributed by atoms with E-state index in [1.165, 1.54) is 12.3 Å². The van der Waals surface area contributed by atoms with Crippen LogP contribution in [0.15, 0.2) is 42.6 Å². The predicted molar refractivity (Wildman–Crippen MR) is 70.1 cm³/mol. The largest absolute Gasteiger partial charge is 0.294 e. The normalized spacial score (nSPS) is 10.2. The number of rotatable bonds is 4. The molecule has 96 valence electrons. The van der Waals surface area contributed by atoms with E-state index in [1.54, 1.807) is 31.2 Å². The SMILES string of the molecule is Cc1cnc(CC(=O)c2ccccc2)c([N+](=O)[O-])c1. The third kappa shape index (κ3) is 3.01. The molecule has 0 bridgehead atoms. The van der Waals surface area contributed by atoms with Crippen molar-refractivity contribution in [3.63, 3.8) is 0 Å². The molecule has 2 aromatic rings. The average Bonchev–Trinajstić information content (AvgIpc) is 2.41. The van der Waals surface area contributed by atoms with E-state index in [-0.39, 0.29) is 23.6 Å². The van der Waals surface area contributed by atoms with Gasteiger partial charge in [0.15, 0.2) is 5.78 Å². The van der Waals surface area contributed by atoms with Crippen LogP contribution < -0.4 is 0 Å². The zero-order valence-electron chi connectivity index (χ0n) is 10.4. The lowest BCUT2D eigenvalue weighted by Crippen LogP contribution is -2.08. The number of Topliss-reactive ketones (excluding diaryl/α,β-unsaturated/α-hetero) is 1. The fourth-order valence-corrected chi connectivity index (χ4v) is 1.75. The molecular formula is C14H12N2O3. The van der Waals surface area contributed by atoms with E-state index < -0.39 is 4.92 Å². The van der Waals surface area contributed by atoms with Crippen LogP contribution in [-0.4, -0.2) is 15.7 Å². The van der Waals surface area contributed by atoms with Gasteiger partial charge < -0.3 is 0 Å². The molecule has 2 rings (SSSR count). The number of hydrogen-bond donors (Lipinski definition) is 0. The second-order valence-electron chi connectivity index (χ2n) is 4.20. The Hall–Kier alpha value is -2.56. The average molecular weight is 256 g/mol. The molecule has 0 N–H and O–H groups in total. The smallest absolute Gasteiger partial charge is 0.291 e. The van der Waals surface area contributed by atoms with E-state index in [0.717, 1.165) is 0 Å². The molecule has 0 amide bonds. The van der Waals surface area contributed by atoms with Gasteiger partial charge in [0, 0.05) is 17.8 Å². The minimum Gasteiger partial charge on any atom is -0.294 e. The summed E-state index contributed by atoms with van der Waals surface area (Å²) in [5.74, 6) is -0.181. The highest BCUT2D eigenvalue weighted by Gasteiger charge is 2.18. The van der Waals surface area contributed by atoms with Gasteiger partial charge in [0.2, 0.25) is 0 Å². The summed E-state index contributed by atoms with van der Waals surface area (Å²) in [6.07, 6.45) is 1.46. The highest BCUT2D eigenvalue weighted by molar-refractivity contribution is 5.97. The molecule has 5 heteroatoms. The van der Waals surface area contributed by atoms with E-state index in [4.69, 9.17) is 0 Å². The Morgan fingerprint density at radius 3 is 2.63 bits per heavy atom. The Morgan fingerprint density at radius 1 is 1.32 bits per heavy atom. The molecule has 0 saturated heterocycles. The van der Waals surface area contributed by atoms with Crippen LogP contribution in [0.1, 0.15) is 21.6 Å². The van der Waals surface area contributed by atoms with Crippen LogP contribution in [0.3, 0.4) is 0 Å². The fraction of sp³-hybridized carbons (Fsp3) is 0.143. The molecule has 1 aromatic heterocycles. The van der Waals surface area contributed by atoms with Crippen molar-refractivity contribution >= 4 is 11.5 Å². The number of nitro groups is 1. The van der Waals surface area contributed by atoms with E-state index in [1.807, 2.05) is 6.07 Å². The number of aromatic nitrogens is 1. The fourth-order valence-electron chi connectivity index (χ4n) is 1.75. The number of benzene rings is 1. The van der Waals surface area contributed by atoms with Gasteiger partial charge in [-0.05, 0) is 12.5 Å². The summed E-state index contributed by atoms with van der Waals surface area (Å²) in [6.45, 7) is 1.72. The molecule has 19 heavy (non-hydrogen) atoms. The van der Waals surface area contributed by atoms with Crippen molar-refractivity contribution < 1.29 is 9.72 Å². The maximum atomic E-state index is 12.0. The standard InChI is InChI=1S/C14H12N2O3/c1-10-7-13(16(18)19)12(15-9-10)8-14(17)11-5-3-2-4-6-11/h2-7,9H,8H2,1H3.